The molecule has 0 aliphatic carbocycles. The number of benzene rings is 1. The van der Waals surface area contributed by atoms with Crippen LogP contribution < -0.4 is 11.3 Å². The van der Waals surface area contributed by atoms with Crippen molar-refractivity contribution in [1.82, 2.24) is 10.4 Å². The van der Waals surface area contributed by atoms with Crippen molar-refractivity contribution in [3.63, 3.8) is 0 Å². The van der Waals surface area contributed by atoms with Crippen molar-refractivity contribution in [3.8, 4) is 0 Å². The normalized spacial score (nSPS) is 12.4. The van der Waals surface area contributed by atoms with Crippen molar-refractivity contribution in [3.05, 3.63) is 64.7 Å². The largest absolute Gasteiger partial charge is 0.271 e. The van der Waals surface area contributed by atoms with Gasteiger partial charge in [0.2, 0.25) is 0 Å². The molecule has 1 heterocycles. The Hall–Kier alpha value is -1.78. The molecule has 0 amide bonds. The van der Waals surface area contributed by atoms with E-state index in [-0.39, 0.29) is 11.9 Å². The van der Waals surface area contributed by atoms with Gasteiger partial charge in [0.1, 0.15) is 5.82 Å². The minimum atomic E-state index is -0.208. The second-order valence-corrected chi connectivity index (χ2v) is 4.34. The van der Waals surface area contributed by atoms with Crippen molar-refractivity contribution in [2.75, 3.05) is 0 Å². The van der Waals surface area contributed by atoms with E-state index in [2.05, 4.69) is 10.4 Å². The van der Waals surface area contributed by atoms with E-state index >= 15 is 0 Å². The summed E-state index contributed by atoms with van der Waals surface area (Å²) < 4.78 is 13.3. The molecule has 0 aliphatic heterocycles. The molecule has 0 bridgehead atoms. The zero-order valence-electron chi connectivity index (χ0n) is 10.4. The maximum Gasteiger partial charge on any atom is 0.126 e. The maximum atomic E-state index is 13.3. The number of nitrogens with one attached hydrogen (secondary N) is 1. The highest BCUT2D eigenvalue weighted by Gasteiger charge is 2.13. The van der Waals surface area contributed by atoms with Crippen LogP contribution in [0.4, 0.5) is 4.39 Å². The molecule has 18 heavy (non-hydrogen) atoms. The van der Waals surface area contributed by atoms with Crippen LogP contribution in [0.25, 0.3) is 0 Å². The third kappa shape index (κ3) is 2.55. The molecule has 3 N–H and O–H groups in total. The molecule has 0 saturated carbocycles. The van der Waals surface area contributed by atoms with Crippen LogP contribution in [0.5, 0.6) is 0 Å². The number of hydrazine groups is 1. The van der Waals surface area contributed by atoms with Gasteiger partial charge in [0, 0.05) is 11.9 Å². The molecular formula is C14H16FN3. The highest BCUT2D eigenvalue weighted by molar-refractivity contribution is 5.34. The summed E-state index contributed by atoms with van der Waals surface area (Å²) in [4.78, 5) is 4.15. The van der Waals surface area contributed by atoms with E-state index in [4.69, 9.17) is 5.84 Å². The topological polar surface area (TPSA) is 50.9 Å². The van der Waals surface area contributed by atoms with Gasteiger partial charge in [-0.2, -0.15) is 0 Å². The van der Waals surface area contributed by atoms with Crippen LogP contribution >= 0.6 is 0 Å². The summed E-state index contributed by atoms with van der Waals surface area (Å²) in [5.74, 6) is 5.40. The molecule has 3 nitrogen and oxygen atoms in total. The lowest BCUT2D eigenvalue weighted by Crippen LogP contribution is -2.29. The van der Waals surface area contributed by atoms with Crippen LogP contribution in [0.3, 0.4) is 0 Å². The molecule has 0 aliphatic rings. The smallest absolute Gasteiger partial charge is 0.126 e. The van der Waals surface area contributed by atoms with Gasteiger partial charge in [0.05, 0.1) is 6.04 Å². The van der Waals surface area contributed by atoms with Crippen molar-refractivity contribution < 1.29 is 4.39 Å². The Labute approximate surface area is 106 Å². The predicted molar refractivity (Wildman–Crippen MR) is 69.3 cm³/mol. The van der Waals surface area contributed by atoms with Gasteiger partial charge in [-0.3, -0.25) is 10.8 Å². The van der Waals surface area contributed by atoms with Crippen LogP contribution in [-0.2, 0) is 0 Å². The molecule has 94 valence electrons. The van der Waals surface area contributed by atoms with E-state index in [0.29, 0.717) is 5.56 Å². The summed E-state index contributed by atoms with van der Waals surface area (Å²) in [5, 5.41) is 0. The molecule has 0 saturated heterocycles. The van der Waals surface area contributed by atoms with Crippen molar-refractivity contribution in [2.24, 2.45) is 5.84 Å². The quantitative estimate of drug-likeness (QED) is 0.645. The van der Waals surface area contributed by atoms with E-state index in [9.17, 15) is 4.39 Å². The first-order chi connectivity index (χ1) is 8.61. The van der Waals surface area contributed by atoms with Crippen LogP contribution in [0.15, 0.2) is 36.5 Å². The van der Waals surface area contributed by atoms with Crippen LogP contribution in [0.2, 0.25) is 0 Å². The minimum absolute atomic E-state index is 0.161. The molecule has 1 aromatic carbocycles. The predicted octanol–water partition coefficient (Wildman–Crippen LogP) is 2.39. The van der Waals surface area contributed by atoms with E-state index in [1.54, 1.807) is 25.3 Å². The van der Waals surface area contributed by atoms with Gasteiger partial charge in [-0.25, -0.2) is 9.82 Å². The van der Waals surface area contributed by atoms with Crippen molar-refractivity contribution in [1.29, 1.82) is 0 Å². The number of pyridine rings is 1. The lowest BCUT2D eigenvalue weighted by molar-refractivity contribution is 0.607. The fraction of sp³-hybridized carbons (Fsp3) is 0.214. The molecule has 2 rings (SSSR count). The summed E-state index contributed by atoms with van der Waals surface area (Å²) in [6.45, 7) is 3.66. The van der Waals surface area contributed by atoms with E-state index in [0.717, 1.165) is 16.8 Å². The number of nitrogens with zero attached hydrogens (tertiary/aromatic N) is 1. The fourth-order valence-electron chi connectivity index (χ4n) is 1.98. The Kier molecular flexibility index (Phi) is 3.69. The number of hydrogen-bond donors (Lipinski definition) is 2. The van der Waals surface area contributed by atoms with Gasteiger partial charge in [-0.05, 0) is 48.7 Å². The molecule has 0 radical (unpaired) electrons. The summed E-state index contributed by atoms with van der Waals surface area (Å²) >= 11 is 0. The standard InChI is InChI=1S/C14H16FN3/c1-9-7-11(3-4-13(9)15)14(18-16)12-5-6-17-10(2)8-12/h3-8,14,18H,16H2,1-2H3. The molecule has 1 unspecified atom stereocenters. The van der Waals surface area contributed by atoms with Crippen LogP contribution in [-0.4, -0.2) is 4.98 Å². The minimum Gasteiger partial charge on any atom is -0.271 e. The lowest BCUT2D eigenvalue weighted by atomic mass is 9.98. The second-order valence-electron chi connectivity index (χ2n) is 4.34. The van der Waals surface area contributed by atoms with Crippen molar-refractivity contribution in [2.45, 2.75) is 19.9 Å². The van der Waals surface area contributed by atoms with Gasteiger partial charge in [0.15, 0.2) is 0 Å². The van der Waals surface area contributed by atoms with Crippen LogP contribution in [0.1, 0.15) is 28.4 Å². The maximum absolute atomic E-state index is 13.3. The third-order valence-electron chi connectivity index (χ3n) is 2.94. The second kappa shape index (κ2) is 5.25. The Bertz CT molecular complexity index is 554. The molecule has 2 aromatic rings. The zero-order chi connectivity index (χ0) is 13.1. The molecule has 1 atom stereocenters. The Morgan fingerprint density at radius 2 is 1.89 bits per heavy atom. The SMILES string of the molecule is Cc1cc(C(NN)c2ccc(F)c(C)c2)ccn1. The molecular weight excluding hydrogens is 229 g/mol. The first-order valence-corrected chi connectivity index (χ1v) is 5.76. The summed E-state index contributed by atoms with van der Waals surface area (Å²) in [6, 6.07) is 8.70. The summed E-state index contributed by atoms with van der Waals surface area (Å²) in [5.41, 5.74) is 6.23. The summed E-state index contributed by atoms with van der Waals surface area (Å²) in [7, 11) is 0. The Morgan fingerprint density at radius 1 is 1.17 bits per heavy atom. The Balaban J connectivity index is 2.42. The third-order valence-corrected chi connectivity index (χ3v) is 2.94. The first kappa shape index (κ1) is 12.7. The van der Waals surface area contributed by atoms with Crippen molar-refractivity contribution >= 4 is 0 Å². The Morgan fingerprint density at radius 3 is 2.50 bits per heavy atom. The number of halogens is 1. The average Bonchev–Trinajstić information content (AvgIpc) is 2.35. The molecule has 0 fully saturated rings. The molecule has 0 spiro atoms. The molecule has 4 heteroatoms. The van der Waals surface area contributed by atoms with E-state index in [1.165, 1.54) is 6.07 Å². The highest BCUT2D eigenvalue weighted by atomic mass is 19.1. The fourth-order valence-corrected chi connectivity index (χ4v) is 1.98. The highest BCUT2D eigenvalue weighted by Crippen LogP contribution is 2.23. The van der Waals surface area contributed by atoms with Gasteiger partial charge >= 0.3 is 0 Å². The zero-order valence-corrected chi connectivity index (χ0v) is 10.4. The van der Waals surface area contributed by atoms with Gasteiger partial charge in [-0.15, -0.1) is 0 Å². The lowest BCUT2D eigenvalue weighted by Gasteiger charge is -2.17. The number of aromatic nitrogens is 1. The van der Waals surface area contributed by atoms with Gasteiger partial charge in [-0.1, -0.05) is 12.1 Å². The monoisotopic (exact) mass is 245 g/mol. The average molecular weight is 245 g/mol. The number of hydrogen-bond acceptors (Lipinski definition) is 3. The van der Waals surface area contributed by atoms with Crippen LogP contribution in [0, 0.1) is 19.7 Å². The number of rotatable bonds is 3. The summed E-state index contributed by atoms with van der Waals surface area (Å²) in [6.07, 6.45) is 1.74. The first-order valence-electron chi connectivity index (χ1n) is 5.76. The van der Waals surface area contributed by atoms with E-state index < -0.39 is 0 Å². The number of aryl methyl sites for hydroxylation is 2. The number of nitrogens with two attached hydrogens (primary N) is 1. The van der Waals surface area contributed by atoms with Gasteiger partial charge in [0.25, 0.3) is 0 Å². The molecule has 1 aromatic heterocycles. The van der Waals surface area contributed by atoms with E-state index in [1.807, 2.05) is 19.1 Å². The van der Waals surface area contributed by atoms with Gasteiger partial charge < -0.3 is 0 Å².